The van der Waals surface area contributed by atoms with Gasteiger partial charge >= 0.3 is 6.03 Å². The lowest BCUT2D eigenvalue weighted by Gasteiger charge is -2.20. The smallest absolute Gasteiger partial charge is 0.341 e. The van der Waals surface area contributed by atoms with Crippen LogP contribution < -0.4 is 5.48 Å². The maximum atomic E-state index is 11.3. The van der Waals surface area contributed by atoms with E-state index in [0.29, 0.717) is 13.1 Å². The Morgan fingerprint density at radius 3 is 2.38 bits per heavy atom. The van der Waals surface area contributed by atoms with Crippen molar-refractivity contribution in [2.45, 2.75) is 27.1 Å². The molecule has 1 atom stereocenters. The first kappa shape index (κ1) is 12.2. The Balaban J connectivity index is 3.72. The molecule has 0 bridgehead atoms. The van der Waals surface area contributed by atoms with Gasteiger partial charge < -0.3 is 9.64 Å². The summed E-state index contributed by atoms with van der Waals surface area (Å²) >= 11 is 0. The van der Waals surface area contributed by atoms with Crippen molar-refractivity contribution in [3.05, 3.63) is 0 Å². The molecule has 0 aromatic rings. The maximum Gasteiger partial charge on any atom is 0.341 e. The lowest BCUT2D eigenvalue weighted by Crippen LogP contribution is -2.41. The highest BCUT2D eigenvalue weighted by Crippen LogP contribution is 1.91. The van der Waals surface area contributed by atoms with Crippen molar-refractivity contribution >= 4 is 6.03 Å². The van der Waals surface area contributed by atoms with Crippen LogP contribution in [0.1, 0.15) is 20.8 Å². The normalized spacial score (nSPS) is 12.3. The van der Waals surface area contributed by atoms with Gasteiger partial charge in [-0.3, -0.25) is 0 Å². The molecule has 0 fully saturated rings. The fourth-order valence-electron chi connectivity index (χ4n) is 0.757. The van der Waals surface area contributed by atoms with Gasteiger partial charge in [0.15, 0.2) is 6.29 Å². The summed E-state index contributed by atoms with van der Waals surface area (Å²) in [4.78, 5) is 17.7. The summed E-state index contributed by atoms with van der Waals surface area (Å²) in [5.41, 5.74) is 2.30. The number of methoxy groups -OCH3 is 1. The van der Waals surface area contributed by atoms with Crippen LogP contribution in [0.2, 0.25) is 0 Å². The molecule has 0 aliphatic rings. The maximum absolute atomic E-state index is 11.3. The van der Waals surface area contributed by atoms with Crippen LogP contribution in [-0.4, -0.2) is 37.4 Å². The van der Waals surface area contributed by atoms with Crippen molar-refractivity contribution in [2.75, 3.05) is 20.2 Å². The van der Waals surface area contributed by atoms with Gasteiger partial charge in [-0.2, -0.15) is 0 Å². The van der Waals surface area contributed by atoms with Crippen LogP contribution in [0.15, 0.2) is 0 Å². The summed E-state index contributed by atoms with van der Waals surface area (Å²) in [7, 11) is 1.51. The fourth-order valence-corrected chi connectivity index (χ4v) is 0.757. The van der Waals surface area contributed by atoms with Crippen LogP contribution in [0.4, 0.5) is 4.79 Å². The van der Waals surface area contributed by atoms with E-state index in [0.717, 1.165) is 0 Å². The molecule has 0 rings (SSSR count). The Kier molecular flexibility index (Phi) is 6.26. The number of carbonyl (C=O) groups excluding carboxylic acids is 1. The molecule has 0 aliphatic carbocycles. The van der Waals surface area contributed by atoms with Gasteiger partial charge in [0.25, 0.3) is 0 Å². The Bertz CT molecular complexity index is 148. The second-order valence-electron chi connectivity index (χ2n) is 2.50. The van der Waals surface area contributed by atoms with Gasteiger partial charge in [-0.15, -0.1) is 0 Å². The highest BCUT2D eigenvalue weighted by Gasteiger charge is 2.09. The average molecular weight is 190 g/mol. The molecule has 0 saturated heterocycles. The predicted molar refractivity (Wildman–Crippen MR) is 49.0 cm³/mol. The van der Waals surface area contributed by atoms with Crippen LogP contribution in [0.5, 0.6) is 0 Å². The minimum atomic E-state index is -0.431. The Morgan fingerprint density at radius 1 is 1.46 bits per heavy atom. The van der Waals surface area contributed by atoms with Crippen molar-refractivity contribution in [3.8, 4) is 0 Å². The standard InChI is InChI=1S/C8H18N2O3/c1-5-10(6-2)8(11)9-13-7(3)12-4/h7H,5-6H2,1-4H3,(H,9,11). The molecular weight excluding hydrogens is 172 g/mol. The quantitative estimate of drug-likeness (QED) is 0.519. The number of hydroxylamine groups is 1. The number of nitrogens with one attached hydrogen (secondary N) is 1. The van der Waals surface area contributed by atoms with Crippen molar-refractivity contribution in [1.29, 1.82) is 0 Å². The first-order valence-electron chi connectivity index (χ1n) is 4.39. The Morgan fingerprint density at radius 2 is 2.00 bits per heavy atom. The summed E-state index contributed by atoms with van der Waals surface area (Å²) in [6.45, 7) is 6.83. The number of amides is 2. The number of hydrogen-bond donors (Lipinski definition) is 1. The second-order valence-corrected chi connectivity index (χ2v) is 2.50. The summed E-state index contributed by atoms with van der Waals surface area (Å²) in [6.07, 6.45) is -0.431. The Labute approximate surface area is 78.9 Å². The number of nitrogens with zero attached hydrogens (tertiary/aromatic N) is 1. The van der Waals surface area contributed by atoms with Crippen LogP contribution in [-0.2, 0) is 9.57 Å². The molecule has 0 spiro atoms. The van der Waals surface area contributed by atoms with Gasteiger partial charge in [0.1, 0.15) is 0 Å². The van der Waals surface area contributed by atoms with Gasteiger partial charge in [0.05, 0.1) is 0 Å². The van der Waals surface area contributed by atoms with Gasteiger partial charge in [-0.25, -0.2) is 15.1 Å². The van der Waals surface area contributed by atoms with Crippen LogP contribution in [0.3, 0.4) is 0 Å². The SMILES string of the molecule is CCN(CC)C(=O)NOC(C)OC. The van der Waals surface area contributed by atoms with Crippen LogP contribution >= 0.6 is 0 Å². The number of carbonyl (C=O) groups is 1. The summed E-state index contributed by atoms with van der Waals surface area (Å²) in [5.74, 6) is 0. The number of hydrogen-bond acceptors (Lipinski definition) is 3. The lowest BCUT2D eigenvalue weighted by molar-refractivity contribution is -0.142. The highest BCUT2D eigenvalue weighted by molar-refractivity contribution is 5.72. The zero-order valence-electron chi connectivity index (χ0n) is 8.66. The molecule has 5 nitrogen and oxygen atoms in total. The van der Waals surface area contributed by atoms with E-state index in [4.69, 9.17) is 9.57 Å². The van der Waals surface area contributed by atoms with Crippen molar-refractivity contribution < 1.29 is 14.4 Å². The summed E-state index contributed by atoms with van der Waals surface area (Å²) < 4.78 is 4.79. The summed E-state index contributed by atoms with van der Waals surface area (Å²) in [6, 6.07) is -0.242. The van der Waals surface area contributed by atoms with E-state index in [9.17, 15) is 4.79 Å². The molecule has 78 valence electrons. The van der Waals surface area contributed by atoms with E-state index in [1.54, 1.807) is 11.8 Å². The molecule has 0 aliphatic heterocycles. The third kappa shape index (κ3) is 4.69. The topological polar surface area (TPSA) is 50.8 Å². The third-order valence-electron chi connectivity index (χ3n) is 1.69. The average Bonchev–Trinajstić information content (AvgIpc) is 2.16. The van der Waals surface area contributed by atoms with E-state index in [2.05, 4.69) is 5.48 Å². The van der Waals surface area contributed by atoms with Crippen LogP contribution in [0, 0.1) is 0 Å². The van der Waals surface area contributed by atoms with Crippen molar-refractivity contribution in [3.63, 3.8) is 0 Å². The Hall–Kier alpha value is -0.810. The third-order valence-corrected chi connectivity index (χ3v) is 1.69. The molecular formula is C8H18N2O3. The number of urea groups is 1. The van der Waals surface area contributed by atoms with Gasteiger partial charge in [0, 0.05) is 20.2 Å². The monoisotopic (exact) mass is 190 g/mol. The predicted octanol–water partition coefficient (Wildman–Crippen LogP) is 0.962. The van der Waals surface area contributed by atoms with Gasteiger partial charge in [-0.1, -0.05) is 0 Å². The fraction of sp³-hybridized carbons (Fsp3) is 0.875. The van der Waals surface area contributed by atoms with Gasteiger partial charge in [0.2, 0.25) is 0 Å². The molecule has 0 aromatic carbocycles. The molecule has 0 radical (unpaired) electrons. The van der Waals surface area contributed by atoms with Crippen molar-refractivity contribution in [2.24, 2.45) is 0 Å². The van der Waals surface area contributed by atoms with Crippen molar-refractivity contribution in [1.82, 2.24) is 10.4 Å². The second kappa shape index (κ2) is 6.68. The molecule has 1 N–H and O–H groups in total. The number of rotatable bonds is 5. The minimum Gasteiger partial charge on any atom is -0.354 e. The van der Waals surface area contributed by atoms with E-state index in [1.165, 1.54) is 7.11 Å². The largest absolute Gasteiger partial charge is 0.354 e. The van der Waals surface area contributed by atoms with Crippen LogP contribution in [0.25, 0.3) is 0 Å². The molecule has 13 heavy (non-hydrogen) atoms. The van der Waals surface area contributed by atoms with E-state index >= 15 is 0 Å². The molecule has 0 saturated carbocycles. The highest BCUT2D eigenvalue weighted by atomic mass is 16.8. The lowest BCUT2D eigenvalue weighted by atomic mass is 10.5. The van der Waals surface area contributed by atoms with E-state index in [-0.39, 0.29) is 6.03 Å². The first-order valence-corrected chi connectivity index (χ1v) is 4.39. The molecule has 0 aromatic heterocycles. The molecule has 5 heteroatoms. The minimum absolute atomic E-state index is 0.242. The first-order chi connectivity index (χ1) is 6.15. The number of ether oxygens (including phenoxy) is 1. The summed E-state index contributed by atoms with van der Waals surface area (Å²) in [5, 5.41) is 0. The zero-order valence-corrected chi connectivity index (χ0v) is 8.66. The zero-order chi connectivity index (χ0) is 10.3. The molecule has 1 unspecified atom stereocenters. The molecule has 2 amide bonds. The van der Waals surface area contributed by atoms with E-state index in [1.807, 2.05) is 13.8 Å². The van der Waals surface area contributed by atoms with E-state index < -0.39 is 6.29 Å². The van der Waals surface area contributed by atoms with Gasteiger partial charge in [-0.05, 0) is 20.8 Å². The molecule has 0 heterocycles.